The van der Waals surface area contributed by atoms with Crippen LogP contribution in [0.15, 0.2) is 54.6 Å². The highest BCUT2D eigenvalue weighted by Crippen LogP contribution is 2.31. The van der Waals surface area contributed by atoms with Gasteiger partial charge in [-0.05, 0) is 24.6 Å². The van der Waals surface area contributed by atoms with E-state index in [4.69, 9.17) is 4.74 Å². The largest absolute Gasteiger partial charge is 0.482 e. The number of ether oxygens (including phenoxy) is 1. The topological polar surface area (TPSA) is 58.6 Å². The molecule has 0 bridgehead atoms. The maximum Gasteiger partial charge on any atom is 0.265 e. The second-order valence-corrected chi connectivity index (χ2v) is 5.75. The lowest BCUT2D eigenvalue weighted by Gasteiger charge is -2.29. The molecule has 5 nitrogen and oxygen atoms in total. The van der Waals surface area contributed by atoms with Crippen LogP contribution in [0.1, 0.15) is 24.9 Å². The Balaban J connectivity index is 1.59. The van der Waals surface area contributed by atoms with Gasteiger partial charge in [0.1, 0.15) is 5.75 Å². The van der Waals surface area contributed by atoms with E-state index < -0.39 is 0 Å². The van der Waals surface area contributed by atoms with Crippen molar-refractivity contribution in [3.8, 4) is 5.75 Å². The Labute approximate surface area is 141 Å². The molecule has 3 rings (SSSR count). The molecule has 0 aromatic heterocycles. The molecule has 1 aliphatic rings. The van der Waals surface area contributed by atoms with Gasteiger partial charge in [0.25, 0.3) is 5.91 Å². The van der Waals surface area contributed by atoms with Crippen LogP contribution in [0.25, 0.3) is 0 Å². The molecule has 1 heterocycles. The first-order valence-electron chi connectivity index (χ1n) is 8.01. The molecule has 1 unspecified atom stereocenters. The van der Waals surface area contributed by atoms with Crippen molar-refractivity contribution in [2.45, 2.75) is 19.4 Å². The van der Waals surface area contributed by atoms with Crippen LogP contribution < -0.4 is 15.0 Å². The predicted octanol–water partition coefficient (Wildman–Crippen LogP) is 2.68. The zero-order valence-electron chi connectivity index (χ0n) is 13.6. The van der Waals surface area contributed by atoms with Crippen molar-refractivity contribution >= 4 is 17.5 Å². The lowest BCUT2D eigenvalue weighted by atomic mass is 10.1. The lowest BCUT2D eigenvalue weighted by molar-refractivity contribution is -0.122. The minimum atomic E-state index is -0.127. The van der Waals surface area contributed by atoms with Gasteiger partial charge in [0.15, 0.2) is 6.61 Å². The van der Waals surface area contributed by atoms with Gasteiger partial charge >= 0.3 is 0 Å². The molecule has 0 aliphatic carbocycles. The third-order valence-electron chi connectivity index (χ3n) is 4.05. The second-order valence-electron chi connectivity index (χ2n) is 5.75. The molecule has 0 spiro atoms. The smallest absolute Gasteiger partial charge is 0.265 e. The third-order valence-corrected chi connectivity index (χ3v) is 4.05. The molecule has 5 heteroatoms. The van der Waals surface area contributed by atoms with Crippen LogP contribution >= 0.6 is 0 Å². The number of nitrogens with zero attached hydrogens (tertiary/aromatic N) is 1. The van der Waals surface area contributed by atoms with Gasteiger partial charge in [0.2, 0.25) is 5.91 Å². The van der Waals surface area contributed by atoms with Crippen LogP contribution in [0, 0.1) is 0 Å². The molecular formula is C19H20N2O3. The Hall–Kier alpha value is -2.82. The van der Waals surface area contributed by atoms with Crippen LogP contribution in [0.5, 0.6) is 5.75 Å². The number of carbonyl (C=O) groups is 2. The molecule has 1 aliphatic heterocycles. The SMILES string of the molecule is CC(NC(=O)CCN1C(=O)COc2ccccc21)c1ccccc1. The van der Waals surface area contributed by atoms with E-state index in [1.54, 1.807) is 4.90 Å². The summed E-state index contributed by atoms with van der Waals surface area (Å²) in [6.07, 6.45) is 0.247. The molecule has 0 fully saturated rings. The number of hydrogen-bond donors (Lipinski definition) is 1. The number of amides is 2. The summed E-state index contributed by atoms with van der Waals surface area (Å²) in [4.78, 5) is 25.9. The van der Waals surface area contributed by atoms with Crippen molar-refractivity contribution in [1.82, 2.24) is 5.32 Å². The fourth-order valence-corrected chi connectivity index (χ4v) is 2.75. The highest BCUT2D eigenvalue weighted by molar-refractivity contribution is 5.98. The minimum absolute atomic E-state index is 0.0129. The van der Waals surface area contributed by atoms with Crippen LogP contribution in [0.3, 0.4) is 0 Å². The summed E-state index contributed by atoms with van der Waals surface area (Å²) in [5.74, 6) is 0.468. The summed E-state index contributed by atoms with van der Waals surface area (Å²) in [6, 6.07) is 17.1. The molecule has 0 radical (unpaired) electrons. The van der Waals surface area contributed by atoms with E-state index in [9.17, 15) is 9.59 Å². The van der Waals surface area contributed by atoms with E-state index in [1.807, 2.05) is 61.5 Å². The highest BCUT2D eigenvalue weighted by Gasteiger charge is 2.25. The van der Waals surface area contributed by atoms with Gasteiger partial charge in [-0.1, -0.05) is 42.5 Å². The van der Waals surface area contributed by atoms with E-state index in [-0.39, 0.29) is 30.9 Å². The summed E-state index contributed by atoms with van der Waals surface area (Å²) >= 11 is 0. The number of benzene rings is 2. The van der Waals surface area contributed by atoms with Crippen LogP contribution in [0.2, 0.25) is 0 Å². The Morgan fingerprint density at radius 2 is 1.88 bits per heavy atom. The molecule has 1 N–H and O–H groups in total. The number of carbonyl (C=O) groups excluding carboxylic acids is 2. The molecule has 0 saturated carbocycles. The van der Waals surface area contributed by atoms with E-state index in [0.717, 1.165) is 11.3 Å². The van der Waals surface area contributed by atoms with Crippen molar-refractivity contribution in [2.75, 3.05) is 18.1 Å². The van der Waals surface area contributed by atoms with Gasteiger partial charge in [-0.25, -0.2) is 0 Å². The minimum Gasteiger partial charge on any atom is -0.482 e. The van der Waals surface area contributed by atoms with Gasteiger partial charge in [-0.2, -0.15) is 0 Å². The molecule has 2 aromatic carbocycles. The standard InChI is InChI=1S/C19H20N2O3/c1-14(15-7-3-2-4-8-15)20-18(22)11-12-21-16-9-5-6-10-17(16)24-13-19(21)23/h2-10,14H,11-13H2,1H3,(H,20,22). The number of nitrogens with one attached hydrogen (secondary N) is 1. The van der Waals surface area contributed by atoms with E-state index >= 15 is 0 Å². The molecular weight excluding hydrogens is 304 g/mol. The van der Waals surface area contributed by atoms with Crippen LogP contribution in [0.4, 0.5) is 5.69 Å². The first-order valence-corrected chi connectivity index (χ1v) is 8.01. The van der Waals surface area contributed by atoms with Crippen molar-refractivity contribution < 1.29 is 14.3 Å². The van der Waals surface area contributed by atoms with Crippen molar-refractivity contribution in [3.63, 3.8) is 0 Å². The number of anilines is 1. The third kappa shape index (κ3) is 3.56. The fourth-order valence-electron chi connectivity index (χ4n) is 2.75. The summed E-state index contributed by atoms with van der Waals surface area (Å²) < 4.78 is 5.40. The average molecular weight is 324 g/mol. The van der Waals surface area contributed by atoms with Crippen molar-refractivity contribution in [3.05, 3.63) is 60.2 Å². The Morgan fingerprint density at radius 1 is 1.17 bits per heavy atom. The Kier molecular flexibility index (Phi) is 4.79. The molecule has 124 valence electrons. The van der Waals surface area contributed by atoms with Crippen LogP contribution in [-0.2, 0) is 9.59 Å². The summed E-state index contributed by atoms with van der Waals surface area (Å²) in [5, 5.41) is 2.97. The summed E-state index contributed by atoms with van der Waals surface area (Å²) in [7, 11) is 0. The molecule has 0 saturated heterocycles. The van der Waals surface area contributed by atoms with Gasteiger partial charge in [-0.15, -0.1) is 0 Å². The average Bonchev–Trinajstić information content (AvgIpc) is 2.61. The monoisotopic (exact) mass is 324 g/mol. The highest BCUT2D eigenvalue weighted by atomic mass is 16.5. The number of rotatable bonds is 5. The van der Waals surface area contributed by atoms with Crippen molar-refractivity contribution in [1.29, 1.82) is 0 Å². The van der Waals surface area contributed by atoms with E-state index in [1.165, 1.54) is 0 Å². The Bertz CT molecular complexity index is 730. The predicted molar refractivity (Wildman–Crippen MR) is 91.9 cm³/mol. The van der Waals surface area contributed by atoms with Gasteiger partial charge in [0.05, 0.1) is 11.7 Å². The Morgan fingerprint density at radius 3 is 2.67 bits per heavy atom. The number of hydrogen-bond acceptors (Lipinski definition) is 3. The number of para-hydroxylation sites is 2. The van der Waals surface area contributed by atoms with E-state index in [2.05, 4.69) is 5.32 Å². The summed E-state index contributed by atoms with van der Waals surface area (Å²) in [5.41, 5.74) is 1.77. The molecule has 24 heavy (non-hydrogen) atoms. The first-order chi connectivity index (χ1) is 11.6. The molecule has 1 atom stereocenters. The quantitative estimate of drug-likeness (QED) is 0.920. The van der Waals surface area contributed by atoms with Crippen LogP contribution in [-0.4, -0.2) is 25.0 Å². The van der Waals surface area contributed by atoms with Gasteiger partial charge in [-0.3, -0.25) is 9.59 Å². The maximum absolute atomic E-state index is 12.2. The second kappa shape index (κ2) is 7.17. The van der Waals surface area contributed by atoms with Gasteiger partial charge in [0, 0.05) is 13.0 Å². The molecule has 2 aromatic rings. The van der Waals surface area contributed by atoms with Crippen molar-refractivity contribution in [2.24, 2.45) is 0 Å². The normalized spacial score (nSPS) is 14.5. The number of fused-ring (bicyclic) bond motifs is 1. The first kappa shape index (κ1) is 16.1. The zero-order chi connectivity index (χ0) is 16.9. The summed E-state index contributed by atoms with van der Waals surface area (Å²) in [6.45, 7) is 2.30. The van der Waals surface area contributed by atoms with E-state index in [0.29, 0.717) is 12.3 Å². The molecule has 2 amide bonds. The maximum atomic E-state index is 12.2. The lowest BCUT2D eigenvalue weighted by Crippen LogP contribution is -2.41. The van der Waals surface area contributed by atoms with Gasteiger partial charge < -0.3 is 15.0 Å². The fraction of sp³-hybridized carbons (Fsp3) is 0.263. The zero-order valence-corrected chi connectivity index (χ0v) is 13.6.